The zero-order valence-corrected chi connectivity index (χ0v) is 13.9. The molecule has 118 valence electrons. The number of rotatable bonds is 1. The zero-order valence-electron chi connectivity index (χ0n) is 13.9. The molecule has 0 unspecified atom stereocenters. The molecule has 0 aliphatic heterocycles. The molecule has 3 aliphatic rings. The van der Waals surface area contributed by atoms with Crippen molar-refractivity contribution in [1.29, 1.82) is 0 Å². The van der Waals surface area contributed by atoms with Gasteiger partial charge in [-0.25, -0.2) is 0 Å². The van der Waals surface area contributed by atoms with Crippen molar-refractivity contribution >= 4 is 5.78 Å². The van der Waals surface area contributed by atoms with E-state index in [0.717, 1.165) is 37.9 Å². The second-order valence-electron chi connectivity index (χ2n) is 7.81. The van der Waals surface area contributed by atoms with Crippen LogP contribution in [0.25, 0.3) is 0 Å². The minimum absolute atomic E-state index is 0.0320. The molecule has 0 amide bonds. The first-order valence-electron chi connectivity index (χ1n) is 8.76. The van der Waals surface area contributed by atoms with Crippen molar-refractivity contribution in [2.45, 2.75) is 58.3 Å². The molecule has 1 aromatic carbocycles. The third-order valence-electron chi connectivity index (χ3n) is 7.02. The van der Waals surface area contributed by atoms with Crippen LogP contribution in [0.3, 0.4) is 0 Å². The first kappa shape index (κ1) is 14.3. The number of carbonyl (C=O) groups is 1. The fourth-order valence-electron chi connectivity index (χ4n) is 5.80. The van der Waals surface area contributed by atoms with Crippen molar-refractivity contribution in [1.82, 2.24) is 0 Å². The highest BCUT2D eigenvalue weighted by atomic mass is 16.5. The van der Waals surface area contributed by atoms with Gasteiger partial charge in [-0.1, -0.05) is 13.0 Å². The number of ketones is 1. The molecule has 2 heteroatoms. The predicted octanol–water partition coefficient (Wildman–Crippen LogP) is 4.43. The molecular formula is C20H26O2. The monoisotopic (exact) mass is 298 g/mol. The number of methoxy groups -OCH3 is 1. The van der Waals surface area contributed by atoms with Crippen molar-refractivity contribution in [2.24, 2.45) is 17.3 Å². The summed E-state index contributed by atoms with van der Waals surface area (Å²) in [4.78, 5) is 12.4. The van der Waals surface area contributed by atoms with E-state index in [1.165, 1.54) is 23.1 Å². The van der Waals surface area contributed by atoms with E-state index >= 15 is 0 Å². The molecule has 0 radical (unpaired) electrons. The molecule has 0 spiro atoms. The molecule has 1 aromatic rings. The van der Waals surface area contributed by atoms with Crippen LogP contribution in [0.2, 0.25) is 0 Å². The molecule has 0 heterocycles. The highest BCUT2D eigenvalue weighted by molar-refractivity contribution is 5.87. The van der Waals surface area contributed by atoms with Crippen LogP contribution in [0, 0.1) is 24.2 Å². The van der Waals surface area contributed by atoms with Crippen LogP contribution in [0.1, 0.15) is 61.6 Å². The second-order valence-corrected chi connectivity index (χ2v) is 7.81. The molecule has 0 saturated heterocycles. The number of ether oxygens (including phenoxy) is 1. The lowest BCUT2D eigenvalue weighted by atomic mass is 9.55. The summed E-state index contributed by atoms with van der Waals surface area (Å²) in [5, 5.41) is 0. The van der Waals surface area contributed by atoms with E-state index in [1.54, 1.807) is 7.11 Å². The van der Waals surface area contributed by atoms with Crippen molar-refractivity contribution in [3.8, 4) is 5.75 Å². The lowest BCUT2D eigenvalue weighted by Gasteiger charge is -2.48. The van der Waals surface area contributed by atoms with Crippen LogP contribution in [-0.4, -0.2) is 12.9 Å². The third kappa shape index (κ3) is 1.76. The van der Waals surface area contributed by atoms with Crippen LogP contribution >= 0.6 is 0 Å². The Kier molecular flexibility index (Phi) is 3.15. The Morgan fingerprint density at radius 1 is 1.18 bits per heavy atom. The topological polar surface area (TPSA) is 26.3 Å². The summed E-state index contributed by atoms with van der Waals surface area (Å²) < 4.78 is 5.71. The summed E-state index contributed by atoms with van der Waals surface area (Å²) in [5.74, 6) is 3.47. The van der Waals surface area contributed by atoms with Gasteiger partial charge in [-0.15, -0.1) is 0 Å². The summed E-state index contributed by atoms with van der Waals surface area (Å²) >= 11 is 0. The van der Waals surface area contributed by atoms with Crippen LogP contribution < -0.4 is 4.74 Å². The van der Waals surface area contributed by atoms with E-state index in [1.807, 2.05) is 0 Å². The Labute approximate surface area is 133 Å². The van der Waals surface area contributed by atoms with Crippen molar-refractivity contribution in [3.05, 3.63) is 28.8 Å². The summed E-state index contributed by atoms with van der Waals surface area (Å²) in [6.07, 6.45) is 6.53. The first-order chi connectivity index (χ1) is 10.6. The van der Waals surface area contributed by atoms with E-state index in [-0.39, 0.29) is 5.41 Å². The molecule has 2 fully saturated rings. The Hall–Kier alpha value is -1.31. The third-order valence-corrected chi connectivity index (χ3v) is 7.02. The summed E-state index contributed by atoms with van der Waals surface area (Å²) in [6.45, 7) is 4.47. The molecule has 3 aliphatic carbocycles. The van der Waals surface area contributed by atoms with E-state index in [4.69, 9.17) is 4.74 Å². The standard InChI is InChI=1S/C20H26O2/c1-12-4-8-17(22-3)19-13(12)5-6-14-15(19)10-11-20(2)16(14)7-9-18(20)21/h4,8,14-16H,5-7,9-11H2,1-3H3/t14-,15-,16+,20+/m0/s1. The van der Waals surface area contributed by atoms with E-state index in [2.05, 4.69) is 26.0 Å². The molecule has 2 nitrogen and oxygen atoms in total. The van der Waals surface area contributed by atoms with Gasteiger partial charge in [-0.3, -0.25) is 4.79 Å². The molecule has 4 atom stereocenters. The van der Waals surface area contributed by atoms with Gasteiger partial charge >= 0.3 is 0 Å². The molecule has 2 saturated carbocycles. The van der Waals surface area contributed by atoms with Gasteiger partial charge in [0.25, 0.3) is 0 Å². The Bertz CT molecular complexity index is 633. The molecule has 0 bridgehead atoms. The predicted molar refractivity (Wildman–Crippen MR) is 87.4 cm³/mol. The number of hydrogen-bond donors (Lipinski definition) is 0. The highest BCUT2D eigenvalue weighted by Crippen LogP contribution is 2.60. The van der Waals surface area contributed by atoms with E-state index in [0.29, 0.717) is 23.5 Å². The van der Waals surface area contributed by atoms with Crippen molar-refractivity contribution < 1.29 is 9.53 Å². The first-order valence-corrected chi connectivity index (χ1v) is 8.76. The number of benzene rings is 1. The SMILES string of the molecule is COc1ccc(C)c2c1[C@H]1CC[C@@]3(C)C(=O)CC[C@@H]3[C@H]1CC2. The van der Waals surface area contributed by atoms with Crippen LogP contribution in [0.15, 0.2) is 12.1 Å². The average Bonchev–Trinajstić information content (AvgIpc) is 2.83. The van der Waals surface area contributed by atoms with Gasteiger partial charge in [0.2, 0.25) is 0 Å². The van der Waals surface area contributed by atoms with Gasteiger partial charge in [0.15, 0.2) is 0 Å². The molecule has 0 aromatic heterocycles. The number of fused-ring (bicyclic) bond motifs is 5. The largest absolute Gasteiger partial charge is 0.496 e. The minimum atomic E-state index is -0.0320. The van der Waals surface area contributed by atoms with Crippen molar-refractivity contribution in [3.63, 3.8) is 0 Å². The summed E-state index contributed by atoms with van der Waals surface area (Å²) in [7, 11) is 1.79. The number of carbonyl (C=O) groups excluding carboxylic acids is 1. The Morgan fingerprint density at radius 3 is 2.77 bits per heavy atom. The quantitative estimate of drug-likeness (QED) is 0.766. The minimum Gasteiger partial charge on any atom is -0.496 e. The fourth-order valence-corrected chi connectivity index (χ4v) is 5.80. The zero-order chi connectivity index (χ0) is 15.5. The second kappa shape index (κ2) is 4.84. The number of hydrogen-bond acceptors (Lipinski definition) is 2. The van der Waals surface area contributed by atoms with Gasteiger partial charge < -0.3 is 4.74 Å². The van der Waals surface area contributed by atoms with Gasteiger partial charge in [0.1, 0.15) is 11.5 Å². The Morgan fingerprint density at radius 2 is 2.00 bits per heavy atom. The maximum Gasteiger partial charge on any atom is 0.139 e. The van der Waals surface area contributed by atoms with E-state index in [9.17, 15) is 4.79 Å². The number of aryl methyl sites for hydroxylation is 1. The fraction of sp³-hybridized carbons (Fsp3) is 0.650. The van der Waals surface area contributed by atoms with Crippen LogP contribution in [-0.2, 0) is 11.2 Å². The summed E-state index contributed by atoms with van der Waals surface area (Å²) in [5.41, 5.74) is 4.37. The van der Waals surface area contributed by atoms with E-state index < -0.39 is 0 Å². The number of Topliss-reactive ketones (excluding diaryl/α,β-unsaturated/α-hetero) is 1. The molecule has 0 N–H and O–H groups in total. The lowest BCUT2D eigenvalue weighted by Crippen LogP contribution is -2.42. The molecular weight excluding hydrogens is 272 g/mol. The van der Waals surface area contributed by atoms with Gasteiger partial charge in [-0.2, -0.15) is 0 Å². The van der Waals surface area contributed by atoms with Crippen LogP contribution in [0.5, 0.6) is 5.75 Å². The smallest absolute Gasteiger partial charge is 0.139 e. The average molecular weight is 298 g/mol. The highest BCUT2D eigenvalue weighted by Gasteiger charge is 2.55. The van der Waals surface area contributed by atoms with Crippen LogP contribution in [0.4, 0.5) is 0 Å². The Balaban J connectivity index is 1.79. The maximum atomic E-state index is 12.4. The normalized spacial score (nSPS) is 36.5. The van der Waals surface area contributed by atoms with Gasteiger partial charge in [-0.05, 0) is 74.0 Å². The molecule has 4 rings (SSSR count). The summed E-state index contributed by atoms with van der Waals surface area (Å²) in [6, 6.07) is 4.34. The molecule has 22 heavy (non-hydrogen) atoms. The maximum absolute atomic E-state index is 12.4. The van der Waals surface area contributed by atoms with Gasteiger partial charge in [0, 0.05) is 17.4 Å². The van der Waals surface area contributed by atoms with Crippen molar-refractivity contribution in [2.75, 3.05) is 7.11 Å². The lowest BCUT2D eigenvalue weighted by molar-refractivity contribution is -0.129. The van der Waals surface area contributed by atoms with Gasteiger partial charge in [0.05, 0.1) is 7.11 Å².